The zero-order chi connectivity index (χ0) is 25.3. The van der Waals surface area contributed by atoms with Crippen LogP contribution >= 0.6 is 0 Å². The lowest BCUT2D eigenvalue weighted by molar-refractivity contribution is -0.126. The molecule has 3 aromatic carbocycles. The summed E-state index contributed by atoms with van der Waals surface area (Å²) in [6.07, 6.45) is 0. The van der Waals surface area contributed by atoms with Crippen molar-refractivity contribution in [3.05, 3.63) is 102 Å². The van der Waals surface area contributed by atoms with E-state index in [1.165, 1.54) is 29.2 Å². The Balaban J connectivity index is 1.53. The number of hydrogen-bond donors (Lipinski definition) is 1. The van der Waals surface area contributed by atoms with Crippen LogP contribution in [0.1, 0.15) is 23.0 Å². The van der Waals surface area contributed by atoms with Crippen LogP contribution in [0.25, 0.3) is 11.3 Å². The third-order valence-electron chi connectivity index (χ3n) is 6.41. The molecular weight excluding hydrogens is 459 g/mol. The normalized spacial score (nSPS) is 17.0. The number of ether oxygens (including phenoxy) is 1. The second-order valence-electron chi connectivity index (χ2n) is 8.86. The quantitative estimate of drug-likeness (QED) is 0.439. The monoisotopic (exact) mass is 484 g/mol. The highest BCUT2D eigenvalue weighted by Crippen LogP contribution is 2.34. The Morgan fingerprint density at radius 2 is 1.75 bits per heavy atom. The van der Waals surface area contributed by atoms with E-state index in [-0.39, 0.29) is 12.5 Å². The smallest absolute Gasteiger partial charge is 0.277 e. The van der Waals surface area contributed by atoms with Gasteiger partial charge in [0.2, 0.25) is 5.91 Å². The number of fused-ring (bicyclic) bond motifs is 1. The van der Waals surface area contributed by atoms with Crippen molar-refractivity contribution < 1.29 is 18.7 Å². The molecule has 2 heterocycles. The van der Waals surface area contributed by atoms with Gasteiger partial charge in [0.15, 0.2) is 0 Å². The van der Waals surface area contributed by atoms with Crippen molar-refractivity contribution in [1.82, 2.24) is 15.1 Å². The molecule has 0 aliphatic carbocycles. The zero-order valence-electron chi connectivity index (χ0n) is 19.9. The Morgan fingerprint density at radius 1 is 1.06 bits per heavy atom. The molecule has 0 radical (unpaired) electrons. The first-order valence-electron chi connectivity index (χ1n) is 11.5. The number of benzene rings is 3. The minimum atomic E-state index is -1.31. The van der Waals surface area contributed by atoms with E-state index in [1.54, 1.807) is 24.8 Å². The van der Waals surface area contributed by atoms with Gasteiger partial charge in [0, 0.05) is 17.8 Å². The van der Waals surface area contributed by atoms with Crippen LogP contribution in [-0.4, -0.2) is 34.2 Å². The lowest BCUT2D eigenvalue weighted by Gasteiger charge is -2.43. The van der Waals surface area contributed by atoms with Gasteiger partial charge in [-0.3, -0.25) is 19.2 Å². The molecule has 1 aliphatic heterocycles. The van der Waals surface area contributed by atoms with Crippen molar-refractivity contribution in [1.29, 1.82) is 0 Å². The second kappa shape index (κ2) is 9.30. The average molecular weight is 485 g/mol. The van der Waals surface area contributed by atoms with Gasteiger partial charge in [0.05, 0.1) is 19.3 Å². The highest BCUT2D eigenvalue weighted by Gasteiger charge is 2.48. The van der Waals surface area contributed by atoms with Crippen LogP contribution in [0.2, 0.25) is 0 Å². The summed E-state index contributed by atoms with van der Waals surface area (Å²) in [5.74, 6) is -0.442. The molecule has 0 saturated heterocycles. The van der Waals surface area contributed by atoms with Crippen molar-refractivity contribution >= 4 is 17.5 Å². The number of nitrogens with zero attached hydrogens (tertiary/aromatic N) is 3. The van der Waals surface area contributed by atoms with Gasteiger partial charge >= 0.3 is 0 Å². The highest BCUT2D eigenvalue weighted by molar-refractivity contribution is 6.12. The van der Waals surface area contributed by atoms with Crippen molar-refractivity contribution in [2.75, 3.05) is 12.0 Å². The van der Waals surface area contributed by atoms with Crippen molar-refractivity contribution in [3.63, 3.8) is 0 Å². The number of rotatable bonds is 6. The number of hydrogen-bond acceptors (Lipinski definition) is 4. The molecule has 36 heavy (non-hydrogen) atoms. The van der Waals surface area contributed by atoms with Gasteiger partial charge in [-0.05, 0) is 67.1 Å². The van der Waals surface area contributed by atoms with Gasteiger partial charge in [-0.1, -0.05) is 30.3 Å². The predicted octanol–water partition coefficient (Wildman–Crippen LogP) is 4.43. The number of carbonyl (C=O) groups excluding carboxylic acids is 2. The molecule has 0 saturated carbocycles. The Morgan fingerprint density at radius 3 is 2.42 bits per heavy atom. The molecule has 7 nitrogen and oxygen atoms in total. The fourth-order valence-electron chi connectivity index (χ4n) is 4.45. The number of methoxy groups -OCH3 is 1. The van der Waals surface area contributed by atoms with E-state index in [1.807, 2.05) is 54.6 Å². The summed E-state index contributed by atoms with van der Waals surface area (Å²) >= 11 is 0. The number of carbonyl (C=O) groups is 2. The summed E-state index contributed by atoms with van der Waals surface area (Å²) in [4.78, 5) is 28.9. The number of aromatic nitrogens is 2. The Hall–Kier alpha value is -4.46. The summed E-state index contributed by atoms with van der Waals surface area (Å²) in [7, 11) is 1.59. The first-order chi connectivity index (χ1) is 17.4. The van der Waals surface area contributed by atoms with Crippen molar-refractivity contribution in [3.8, 4) is 17.0 Å². The first-order valence-corrected chi connectivity index (χ1v) is 11.5. The Kier molecular flexibility index (Phi) is 6.01. The van der Waals surface area contributed by atoms with E-state index >= 15 is 0 Å². The molecule has 5 rings (SSSR count). The maximum Gasteiger partial charge on any atom is 0.277 e. The molecule has 1 N–H and O–H groups in total. The van der Waals surface area contributed by atoms with E-state index in [0.717, 1.165) is 11.1 Å². The Bertz CT molecular complexity index is 1400. The van der Waals surface area contributed by atoms with E-state index in [4.69, 9.17) is 4.74 Å². The van der Waals surface area contributed by atoms with Crippen LogP contribution < -0.4 is 15.0 Å². The number of nitrogens with one attached hydrogen (secondary N) is 1. The third-order valence-corrected chi connectivity index (χ3v) is 6.41. The molecule has 1 aromatic heterocycles. The molecule has 1 aliphatic rings. The summed E-state index contributed by atoms with van der Waals surface area (Å²) < 4.78 is 20.5. The minimum absolute atomic E-state index is 0.127. The SMILES string of the molecule is COc1ccc(-c2cc3n(n2)C[C@@](C)(C(=O)NCc2ccccc2)N(c2ccc(F)cc2)C3=O)cc1. The van der Waals surface area contributed by atoms with Gasteiger partial charge in [-0.15, -0.1) is 0 Å². The van der Waals surface area contributed by atoms with E-state index in [0.29, 0.717) is 29.4 Å². The maximum absolute atomic E-state index is 13.8. The summed E-state index contributed by atoms with van der Waals surface area (Å²) in [5, 5.41) is 7.61. The lowest BCUT2D eigenvalue weighted by Crippen LogP contribution is -2.64. The molecule has 4 aromatic rings. The molecule has 1 atom stereocenters. The number of anilines is 1. The molecule has 2 amide bonds. The highest BCUT2D eigenvalue weighted by atomic mass is 19.1. The first kappa shape index (κ1) is 23.3. The summed E-state index contributed by atoms with van der Waals surface area (Å²) in [5.41, 5.74) is 1.82. The van der Waals surface area contributed by atoms with Gasteiger partial charge in [0.25, 0.3) is 5.91 Å². The number of amides is 2. The molecule has 0 bridgehead atoms. The van der Waals surface area contributed by atoms with Crippen LogP contribution in [0.5, 0.6) is 5.75 Å². The fraction of sp³-hybridized carbons (Fsp3) is 0.179. The van der Waals surface area contributed by atoms with Crippen LogP contribution in [0.4, 0.5) is 10.1 Å². The molecule has 0 fully saturated rings. The predicted molar refractivity (Wildman–Crippen MR) is 134 cm³/mol. The van der Waals surface area contributed by atoms with Gasteiger partial charge in [-0.2, -0.15) is 5.10 Å². The van der Waals surface area contributed by atoms with E-state index in [2.05, 4.69) is 10.4 Å². The summed E-state index contributed by atoms with van der Waals surface area (Å²) in [6.45, 7) is 2.14. The standard InChI is InChI=1S/C28H25FN4O3/c1-28(27(35)30-17-19-6-4-3-5-7-19)18-32-25(26(34)33(28)22-12-10-21(29)11-13-22)16-24(31-32)20-8-14-23(36-2)15-9-20/h3-16H,17-18H2,1-2H3,(H,30,35)/t28-/m0/s1. The minimum Gasteiger partial charge on any atom is -0.497 e. The van der Waals surface area contributed by atoms with Crippen LogP contribution in [-0.2, 0) is 17.9 Å². The molecule has 0 spiro atoms. The van der Waals surface area contributed by atoms with Gasteiger partial charge in [0.1, 0.15) is 22.8 Å². The summed E-state index contributed by atoms with van der Waals surface area (Å²) in [6, 6.07) is 24.2. The second-order valence-corrected chi connectivity index (χ2v) is 8.86. The average Bonchev–Trinajstić information content (AvgIpc) is 3.33. The third kappa shape index (κ3) is 4.22. The molecule has 0 unspecified atom stereocenters. The fourth-order valence-corrected chi connectivity index (χ4v) is 4.45. The lowest BCUT2D eigenvalue weighted by atomic mass is 9.93. The van der Waals surface area contributed by atoms with Crippen LogP contribution in [0.15, 0.2) is 84.9 Å². The van der Waals surface area contributed by atoms with Crippen LogP contribution in [0, 0.1) is 5.82 Å². The van der Waals surface area contributed by atoms with E-state index in [9.17, 15) is 14.0 Å². The largest absolute Gasteiger partial charge is 0.497 e. The van der Waals surface area contributed by atoms with Crippen molar-refractivity contribution in [2.45, 2.75) is 25.6 Å². The van der Waals surface area contributed by atoms with Crippen LogP contribution in [0.3, 0.4) is 0 Å². The molecule has 182 valence electrons. The van der Waals surface area contributed by atoms with E-state index < -0.39 is 17.3 Å². The zero-order valence-corrected chi connectivity index (χ0v) is 19.9. The van der Waals surface area contributed by atoms with Gasteiger partial charge < -0.3 is 10.1 Å². The molecule has 8 heteroatoms. The molecular formula is C28H25FN4O3. The van der Waals surface area contributed by atoms with Crippen molar-refractivity contribution in [2.24, 2.45) is 0 Å². The number of halogens is 1. The van der Waals surface area contributed by atoms with Gasteiger partial charge in [-0.25, -0.2) is 4.39 Å². The maximum atomic E-state index is 13.8. The Labute approximate surface area is 208 Å². The topological polar surface area (TPSA) is 76.5 Å².